The van der Waals surface area contributed by atoms with Crippen LogP contribution in [0.25, 0.3) is 10.9 Å². The van der Waals surface area contributed by atoms with Gasteiger partial charge in [0.15, 0.2) is 5.78 Å². The van der Waals surface area contributed by atoms with Gasteiger partial charge in [-0.3, -0.25) is 19.9 Å². The minimum Gasteiger partial charge on any atom is -0.465 e. The topological polar surface area (TPSA) is 131 Å². The molecule has 1 amide bonds. The van der Waals surface area contributed by atoms with E-state index in [1.165, 1.54) is 4.90 Å². The Kier molecular flexibility index (Phi) is 13.6. The summed E-state index contributed by atoms with van der Waals surface area (Å²) in [5.74, 6) is -0.266. The number of amides is 1. The average Bonchev–Trinajstić information content (AvgIpc) is 3.21. The number of aromatic nitrogens is 1. The number of hydrogen-bond donors (Lipinski definition) is 2. The van der Waals surface area contributed by atoms with Gasteiger partial charge in [-0.05, 0) is 51.2 Å². The number of carbonyl (C=O) groups is 3. The quantitative estimate of drug-likeness (QED) is 0.140. The highest BCUT2D eigenvalue weighted by Gasteiger charge is 2.21. The van der Waals surface area contributed by atoms with E-state index in [-0.39, 0.29) is 61.9 Å². The van der Waals surface area contributed by atoms with Crippen molar-refractivity contribution in [3.8, 4) is 5.75 Å². The molecule has 3 rings (SSSR count). The Hall–Kier alpha value is -3.60. The highest BCUT2D eigenvalue weighted by Crippen LogP contribution is 2.27. The van der Waals surface area contributed by atoms with Crippen molar-refractivity contribution >= 4 is 59.4 Å². The first-order chi connectivity index (χ1) is 18.1. The minimum atomic E-state index is -0.669. The molecule has 40 heavy (non-hydrogen) atoms. The van der Waals surface area contributed by atoms with Crippen molar-refractivity contribution in [2.75, 3.05) is 40.3 Å². The third-order valence-electron chi connectivity index (χ3n) is 6.07. The van der Waals surface area contributed by atoms with E-state index in [0.29, 0.717) is 35.9 Å². The Morgan fingerprint density at radius 3 is 2.30 bits per heavy atom. The number of fused-ring (bicyclic) bond motifs is 1. The first kappa shape index (κ1) is 34.4. The number of rotatable bonds is 12. The summed E-state index contributed by atoms with van der Waals surface area (Å²) >= 11 is 0. The van der Waals surface area contributed by atoms with E-state index in [2.05, 4.69) is 0 Å². The number of aryl methyl sites for hydroxylation is 2. The highest BCUT2D eigenvalue weighted by atomic mass is 35.5. The molecule has 0 saturated heterocycles. The van der Waals surface area contributed by atoms with Gasteiger partial charge in [-0.1, -0.05) is 24.3 Å². The largest absolute Gasteiger partial charge is 0.465 e. The molecule has 0 saturated carbocycles. The van der Waals surface area contributed by atoms with Gasteiger partial charge in [0.25, 0.3) is 0 Å². The van der Waals surface area contributed by atoms with Crippen LogP contribution in [0.1, 0.15) is 34.8 Å². The number of ketones is 1. The predicted molar refractivity (Wildman–Crippen MR) is 160 cm³/mol. The molecule has 0 aliphatic carbocycles. The number of Topliss-reactive ketones (excluding diaryl/α,β-unsaturated/α-hetero) is 1. The number of esters is 1. The van der Waals surface area contributed by atoms with Crippen molar-refractivity contribution in [3.05, 3.63) is 65.4 Å². The molecule has 0 atom stereocenters. The second kappa shape index (κ2) is 15.9. The lowest BCUT2D eigenvalue weighted by Gasteiger charge is -2.22. The molecule has 1 heterocycles. The Balaban J connectivity index is 0.00000400. The Morgan fingerprint density at radius 2 is 1.70 bits per heavy atom. The molecule has 3 aromatic rings. The number of nitrogen functional groups attached to an aromatic ring is 1. The van der Waals surface area contributed by atoms with E-state index in [0.717, 1.165) is 11.1 Å². The molecule has 0 aliphatic rings. The molecule has 218 valence electrons. The third-order valence-corrected chi connectivity index (χ3v) is 6.07. The fourth-order valence-corrected chi connectivity index (χ4v) is 3.98. The van der Waals surface area contributed by atoms with Gasteiger partial charge in [0, 0.05) is 54.8 Å². The van der Waals surface area contributed by atoms with Crippen LogP contribution in [0.5, 0.6) is 5.75 Å². The van der Waals surface area contributed by atoms with Crippen molar-refractivity contribution in [1.29, 1.82) is 5.41 Å². The van der Waals surface area contributed by atoms with Crippen LogP contribution in [-0.4, -0.2) is 78.4 Å². The molecule has 0 spiro atoms. The highest BCUT2D eigenvalue weighted by molar-refractivity contribution is 6.08. The smallest absolute Gasteiger partial charge is 0.415 e. The van der Waals surface area contributed by atoms with Crippen molar-refractivity contribution < 1.29 is 23.9 Å². The average molecular weight is 595 g/mol. The van der Waals surface area contributed by atoms with Crippen LogP contribution in [0, 0.1) is 5.41 Å². The molecular formula is C28H37Cl2N5O5. The number of hydrogen-bond acceptors (Lipinski definition) is 7. The molecule has 2 aromatic carbocycles. The second-order valence-electron chi connectivity index (χ2n) is 9.26. The van der Waals surface area contributed by atoms with E-state index in [4.69, 9.17) is 20.6 Å². The van der Waals surface area contributed by atoms with Crippen LogP contribution in [0.2, 0.25) is 0 Å². The SMILES string of the molecule is CCOC(=O)CN(CCN(C)C)C(=O)Oc1ccc2c(c1)c(C(=O)CCc1ccc(C(=N)N)cc1)cn2C.Cl.Cl. The van der Waals surface area contributed by atoms with Gasteiger partial charge < -0.3 is 24.7 Å². The lowest BCUT2D eigenvalue weighted by Crippen LogP contribution is -2.42. The normalized spacial score (nSPS) is 10.4. The van der Waals surface area contributed by atoms with Crippen LogP contribution in [0.4, 0.5) is 4.79 Å². The maximum absolute atomic E-state index is 13.2. The maximum Gasteiger partial charge on any atom is 0.415 e. The van der Waals surface area contributed by atoms with Gasteiger partial charge in [0.2, 0.25) is 0 Å². The molecular weight excluding hydrogens is 557 g/mol. The van der Waals surface area contributed by atoms with Crippen LogP contribution in [0.3, 0.4) is 0 Å². The predicted octanol–water partition coefficient (Wildman–Crippen LogP) is 4.05. The zero-order valence-corrected chi connectivity index (χ0v) is 24.8. The van der Waals surface area contributed by atoms with E-state index >= 15 is 0 Å². The zero-order chi connectivity index (χ0) is 27.8. The lowest BCUT2D eigenvalue weighted by atomic mass is 10.0. The number of nitrogens with one attached hydrogen (secondary N) is 1. The van der Waals surface area contributed by atoms with Crippen LogP contribution in [-0.2, 0) is 23.0 Å². The monoisotopic (exact) mass is 593 g/mol. The first-order valence-electron chi connectivity index (χ1n) is 12.4. The summed E-state index contributed by atoms with van der Waals surface area (Å²) in [6.45, 7) is 2.54. The summed E-state index contributed by atoms with van der Waals surface area (Å²) in [5.41, 5.74) is 8.48. The summed E-state index contributed by atoms with van der Waals surface area (Å²) in [4.78, 5) is 41.3. The fraction of sp³-hybridized carbons (Fsp3) is 0.357. The molecule has 0 unspecified atom stereocenters. The van der Waals surface area contributed by atoms with E-state index in [9.17, 15) is 14.4 Å². The fourth-order valence-electron chi connectivity index (χ4n) is 3.98. The summed E-state index contributed by atoms with van der Waals surface area (Å²) in [7, 11) is 5.60. The zero-order valence-electron chi connectivity index (χ0n) is 23.1. The number of nitrogens with zero attached hydrogens (tertiary/aromatic N) is 3. The maximum atomic E-state index is 13.2. The molecule has 10 nitrogen and oxygen atoms in total. The molecule has 0 bridgehead atoms. The standard InChI is InChI=1S/C28H35N5O5.2ClH/c1-5-37-26(35)18-33(15-14-31(2)3)28(36)38-21-11-12-24-22(16-21)23(17-32(24)4)25(34)13-8-19-6-9-20(10-7-19)27(29)30;;/h6-7,9-12,16-17H,5,8,13-15,18H2,1-4H3,(H3,29,30);2*1H. The summed E-state index contributed by atoms with van der Waals surface area (Å²) in [6, 6.07) is 12.4. The summed E-state index contributed by atoms with van der Waals surface area (Å²) < 4.78 is 12.5. The van der Waals surface area contributed by atoms with Crippen molar-refractivity contribution in [2.45, 2.75) is 19.8 Å². The summed E-state index contributed by atoms with van der Waals surface area (Å²) in [6.07, 6.45) is 1.94. The third kappa shape index (κ3) is 9.25. The summed E-state index contributed by atoms with van der Waals surface area (Å²) in [5, 5.41) is 8.18. The number of likely N-dealkylation sites (N-methyl/N-ethyl adjacent to an activating group) is 1. The van der Waals surface area contributed by atoms with Gasteiger partial charge in [-0.2, -0.15) is 0 Å². The molecule has 0 aliphatic heterocycles. The van der Waals surface area contributed by atoms with Crippen LogP contribution >= 0.6 is 24.8 Å². The van der Waals surface area contributed by atoms with Gasteiger partial charge in [-0.25, -0.2) is 4.79 Å². The molecule has 3 N–H and O–H groups in total. The van der Waals surface area contributed by atoms with Gasteiger partial charge >= 0.3 is 12.1 Å². The van der Waals surface area contributed by atoms with Gasteiger partial charge in [0.05, 0.1) is 6.61 Å². The number of nitrogens with two attached hydrogens (primary N) is 1. The van der Waals surface area contributed by atoms with Crippen LogP contribution in [0.15, 0.2) is 48.7 Å². The Labute approximate surface area is 246 Å². The van der Waals surface area contributed by atoms with E-state index < -0.39 is 12.1 Å². The Bertz CT molecular complexity index is 1320. The second-order valence-corrected chi connectivity index (χ2v) is 9.26. The van der Waals surface area contributed by atoms with Crippen molar-refractivity contribution in [3.63, 3.8) is 0 Å². The number of carbonyl (C=O) groups excluding carboxylic acids is 3. The first-order valence-corrected chi connectivity index (χ1v) is 12.4. The van der Waals surface area contributed by atoms with E-state index in [1.807, 2.05) is 42.7 Å². The van der Waals surface area contributed by atoms with Gasteiger partial charge in [-0.15, -0.1) is 24.8 Å². The number of benzene rings is 2. The van der Waals surface area contributed by atoms with Gasteiger partial charge in [0.1, 0.15) is 18.1 Å². The number of ether oxygens (including phenoxy) is 2. The molecule has 0 fully saturated rings. The lowest BCUT2D eigenvalue weighted by molar-refractivity contribution is -0.144. The van der Waals surface area contributed by atoms with Crippen molar-refractivity contribution in [1.82, 2.24) is 14.4 Å². The van der Waals surface area contributed by atoms with E-state index in [1.54, 1.807) is 43.5 Å². The number of amidine groups is 1. The number of halogens is 2. The Morgan fingerprint density at radius 1 is 1.02 bits per heavy atom. The molecule has 12 heteroatoms. The van der Waals surface area contributed by atoms with Crippen molar-refractivity contribution in [2.24, 2.45) is 12.8 Å². The van der Waals surface area contributed by atoms with Crippen LogP contribution < -0.4 is 10.5 Å². The molecule has 0 radical (unpaired) electrons. The minimum absolute atomic E-state index is 0. The molecule has 1 aromatic heterocycles.